The monoisotopic (exact) mass is 181 g/mol. The van der Waals surface area contributed by atoms with E-state index in [1.165, 1.54) is 0 Å². The predicted octanol–water partition coefficient (Wildman–Crippen LogP) is -0.614. The van der Waals surface area contributed by atoms with Crippen molar-refractivity contribution in [2.24, 2.45) is 5.14 Å². The second kappa shape index (κ2) is 3.48. The quantitative estimate of drug-likeness (QED) is 0.616. The lowest BCUT2D eigenvalue weighted by Gasteiger charge is -2.20. The first-order valence-electron chi connectivity index (χ1n) is 3.37. The molecule has 1 fully saturated rings. The first-order valence-corrected chi connectivity index (χ1v) is 4.84. The standard InChI is InChI=1S/C5H11NO4S/c6-11(7,8)10-5-1-3-9-4-2-5/h5H,1-4H2,(H2,6,7,8). The van der Waals surface area contributed by atoms with Gasteiger partial charge in [0.25, 0.3) is 0 Å². The third-order valence-electron chi connectivity index (χ3n) is 1.44. The fraction of sp³-hybridized carbons (Fsp3) is 1.00. The van der Waals surface area contributed by atoms with Crippen LogP contribution in [0.15, 0.2) is 0 Å². The summed E-state index contributed by atoms with van der Waals surface area (Å²) in [5.41, 5.74) is 0. The van der Waals surface area contributed by atoms with Crippen molar-refractivity contribution in [2.45, 2.75) is 18.9 Å². The minimum Gasteiger partial charge on any atom is -0.381 e. The van der Waals surface area contributed by atoms with Gasteiger partial charge in [0.1, 0.15) is 0 Å². The van der Waals surface area contributed by atoms with Crippen LogP contribution < -0.4 is 5.14 Å². The normalized spacial score (nSPS) is 21.9. The van der Waals surface area contributed by atoms with Gasteiger partial charge < -0.3 is 4.74 Å². The van der Waals surface area contributed by atoms with Gasteiger partial charge in [-0.1, -0.05) is 0 Å². The summed E-state index contributed by atoms with van der Waals surface area (Å²) in [4.78, 5) is 0. The van der Waals surface area contributed by atoms with Crippen LogP contribution in [0.2, 0.25) is 0 Å². The molecule has 0 aromatic carbocycles. The van der Waals surface area contributed by atoms with E-state index in [9.17, 15) is 8.42 Å². The molecule has 0 aromatic heterocycles. The fourth-order valence-electron chi connectivity index (χ4n) is 0.962. The zero-order valence-electron chi connectivity index (χ0n) is 6.02. The Labute approximate surface area is 65.7 Å². The van der Waals surface area contributed by atoms with Crippen LogP contribution in [-0.4, -0.2) is 27.7 Å². The third kappa shape index (κ3) is 3.66. The summed E-state index contributed by atoms with van der Waals surface area (Å²) < 4.78 is 30.4. The van der Waals surface area contributed by atoms with E-state index < -0.39 is 10.3 Å². The molecule has 0 saturated carbocycles. The number of hydrogen-bond donors (Lipinski definition) is 1. The molecule has 2 N–H and O–H groups in total. The highest BCUT2D eigenvalue weighted by atomic mass is 32.2. The van der Waals surface area contributed by atoms with E-state index in [1.54, 1.807) is 0 Å². The van der Waals surface area contributed by atoms with Crippen LogP contribution in [0, 0.1) is 0 Å². The molecule has 0 atom stereocenters. The van der Waals surface area contributed by atoms with Crippen LogP contribution in [0.3, 0.4) is 0 Å². The van der Waals surface area contributed by atoms with E-state index in [0.717, 1.165) is 0 Å². The van der Waals surface area contributed by atoms with Crippen molar-refractivity contribution in [3.8, 4) is 0 Å². The van der Waals surface area contributed by atoms with Crippen LogP contribution in [-0.2, 0) is 19.2 Å². The molecule has 1 saturated heterocycles. The molecule has 0 aliphatic carbocycles. The predicted molar refractivity (Wildman–Crippen MR) is 38.0 cm³/mol. The molecule has 1 heterocycles. The number of ether oxygens (including phenoxy) is 1. The maximum absolute atomic E-state index is 10.4. The van der Waals surface area contributed by atoms with Crippen LogP contribution in [0.25, 0.3) is 0 Å². The highest BCUT2D eigenvalue weighted by Crippen LogP contribution is 2.11. The molecular formula is C5H11NO4S. The van der Waals surface area contributed by atoms with E-state index in [4.69, 9.17) is 4.74 Å². The second-order valence-electron chi connectivity index (χ2n) is 2.40. The SMILES string of the molecule is NS(=O)(=O)OC1CCOCC1. The van der Waals surface area contributed by atoms with Crippen molar-refractivity contribution in [1.82, 2.24) is 0 Å². The Hall–Kier alpha value is -0.170. The largest absolute Gasteiger partial charge is 0.381 e. The smallest absolute Gasteiger partial charge is 0.333 e. The third-order valence-corrected chi connectivity index (χ3v) is 1.98. The highest BCUT2D eigenvalue weighted by molar-refractivity contribution is 7.84. The maximum atomic E-state index is 10.4. The molecule has 0 unspecified atom stereocenters. The van der Waals surface area contributed by atoms with Gasteiger partial charge >= 0.3 is 10.3 Å². The van der Waals surface area contributed by atoms with Crippen molar-refractivity contribution in [2.75, 3.05) is 13.2 Å². The average Bonchev–Trinajstić information content (AvgIpc) is 1.85. The first-order chi connectivity index (χ1) is 5.08. The van der Waals surface area contributed by atoms with Gasteiger partial charge in [-0.25, -0.2) is 5.14 Å². The average molecular weight is 181 g/mol. The van der Waals surface area contributed by atoms with Crippen molar-refractivity contribution in [1.29, 1.82) is 0 Å². The summed E-state index contributed by atoms with van der Waals surface area (Å²) in [6, 6.07) is 0. The molecule has 1 rings (SSSR count). The fourth-order valence-corrected chi connectivity index (χ4v) is 1.53. The first kappa shape index (κ1) is 8.92. The number of rotatable bonds is 2. The molecule has 0 aromatic rings. The summed E-state index contributed by atoms with van der Waals surface area (Å²) in [7, 11) is -3.78. The Morgan fingerprint density at radius 2 is 1.91 bits per heavy atom. The van der Waals surface area contributed by atoms with E-state index in [2.05, 4.69) is 9.32 Å². The molecule has 0 bridgehead atoms. The van der Waals surface area contributed by atoms with Gasteiger partial charge in [0.2, 0.25) is 0 Å². The molecule has 0 amide bonds. The molecule has 11 heavy (non-hydrogen) atoms. The van der Waals surface area contributed by atoms with Crippen LogP contribution in [0.5, 0.6) is 0 Å². The summed E-state index contributed by atoms with van der Waals surface area (Å²) in [6.45, 7) is 1.08. The van der Waals surface area contributed by atoms with Crippen molar-refractivity contribution in [3.05, 3.63) is 0 Å². The van der Waals surface area contributed by atoms with Crippen LogP contribution in [0.4, 0.5) is 0 Å². The maximum Gasteiger partial charge on any atom is 0.333 e. The zero-order valence-corrected chi connectivity index (χ0v) is 6.84. The van der Waals surface area contributed by atoms with Crippen molar-refractivity contribution >= 4 is 10.3 Å². The summed E-state index contributed by atoms with van der Waals surface area (Å²) in [5.74, 6) is 0. The molecule has 5 nitrogen and oxygen atoms in total. The van der Waals surface area contributed by atoms with E-state index in [0.29, 0.717) is 26.1 Å². The Morgan fingerprint density at radius 1 is 1.36 bits per heavy atom. The minimum atomic E-state index is -3.78. The van der Waals surface area contributed by atoms with Gasteiger partial charge in [-0.3, -0.25) is 4.18 Å². The Kier molecular flexibility index (Phi) is 2.83. The summed E-state index contributed by atoms with van der Waals surface area (Å²) in [5, 5.41) is 4.68. The zero-order chi connectivity index (χ0) is 8.32. The van der Waals surface area contributed by atoms with Gasteiger partial charge in [0, 0.05) is 13.2 Å². The lowest BCUT2D eigenvalue weighted by molar-refractivity contribution is 0.0285. The van der Waals surface area contributed by atoms with Crippen molar-refractivity contribution in [3.63, 3.8) is 0 Å². The van der Waals surface area contributed by atoms with Crippen LogP contribution >= 0.6 is 0 Å². The summed E-state index contributed by atoms with van der Waals surface area (Å²) in [6.07, 6.45) is 0.895. The molecule has 66 valence electrons. The lowest BCUT2D eigenvalue weighted by atomic mass is 10.2. The topological polar surface area (TPSA) is 78.6 Å². The summed E-state index contributed by atoms with van der Waals surface area (Å²) >= 11 is 0. The van der Waals surface area contributed by atoms with Crippen LogP contribution in [0.1, 0.15) is 12.8 Å². The van der Waals surface area contributed by atoms with Gasteiger partial charge in [-0.05, 0) is 12.8 Å². The molecule has 1 aliphatic rings. The molecule has 6 heteroatoms. The number of hydrogen-bond acceptors (Lipinski definition) is 4. The molecule has 0 spiro atoms. The number of nitrogens with two attached hydrogens (primary N) is 1. The van der Waals surface area contributed by atoms with Crippen molar-refractivity contribution < 1.29 is 17.3 Å². The Balaban J connectivity index is 2.36. The van der Waals surface area contributed by atoms with Gasteiger partial charge in [-0.2, -0.15) is 8.42 Å². The minimum absolute atomic E-state index is 0.293. The Bertz CT molecular complexity index is 207. The van der Waals surface area contributed by atoms with Gasteiger partial charge in [0.05, 0.1) is 6.10 Å². The molecular weight excluding hydrogens is 170 g/mol. The lowest BCUT2D eigenvalue weighted by Crippen LogP contribution is -2.29. The van der Waals surface area contributed by atoms with E-state index >= 15 is 0 Å². The van der Waals surface area contributed by atoms with Gasteiger partial charge in [-0.15, -0.1) is 0 Å². The van der Waals surface area contributed by atoms with Gasteiger partial charge in [0.15, 0.2) is 0 Å². The molecule has 0 radical (unpaired) electrons. The Morgan fingerprint density at radius 3 is 2.36 bits per heavy atom. The highest BCUT2D eigenvalue weighted by Gasteiger charge is 2.18. The van der Waals surface area contributed by atoms with E-state index in [1.807, 2.05) is 0 Å². The molecule has 1 aliphatic heterocycles. The second-order valence-corrected chi connectivity index (χ2v) is 3.58. The van der Waals surface area contributed by atoms with E-state index in [-0.39, 0.29) is 6.10 Å².